The van der Waals surface area contributed by atoms with Gasteiger partial charge in [0.15, 0.2) is 6.61 Å². The zero-order valence-corrected chi connectivity index (χ0v) is 19.0. The summed E-state index contributed by atoms with van der Waals surface area (Å²) >= 11 is 0. The van der Waals surface area contributed by atoms with Gasteiger partial charge in [0.2, 0.25) is 15.9 Å². The van der Waals surface area contributed by atoms with Crippen molar-refractivity contribution in [2.75, 3.05) is 13.1 Å². The largest absolute Gasteiger partial charge is 0.452 e. The van der Waals surface area contributed by atoms with Gasteiger partial charge in [-0.05, 0) is 36.8 Å². The average Bonchev–Trinajstić information content (AvgIpc) is 3.27. The summed E-state index contributed by atoms with van der Waals surface area (Å²) in [5.41, 5.74) is 0.980. The lowest BCUT2D eigenvalue weighted by Gasteiger charge is -2.20. The Morgan fingerprint density at radius 1 is 1.12 bits per heavy atom. The maximum absolute atomic E-state index is 12.9. The second kappa shape index (κ2) is 9.88. The van der Waals surface area contributed by atoms with Gasteiger partial charge in [-0.3, -0.25) is 10.1 Å². The summed E-state index contributed by atoms with van der Waals surface area (Å²) in [4.78, 5) is 22.8. The second-order valence-corrected chi connectivity index (χ2v) is 8.86. The summed E-state index contributed by atoms with van der Waals surface area (Å²) in [6.07, 6.45) is 0. The van der Waals surface area contributed by atoms with Gasteiger partial charge in [-0.25, -0.2) is 13.2 Å². The lowest BCUT2D eigenvalue weighted by atomic mass is 10.1. The molecule has 33 heavy (non-hydrogen) atoms. The number of nitro groups is 1. The van der Waals surface area contributed by atoms with Gasteiger partial charge >= 0.3 is 5.97 Å². The number of carbonyl (C=O) groups excluding carboxylic acids is 1. The molecule has 3 rings (SSSR count). The molecular formula is C21H22N4O7S. The van der Waals surface area contributed by atoms with E-state index in [1.807, 2.05) is 0 Å². The minimum absolute atomic E-state index is 0.0137. The van der Waals surface area contributed by atoms with Crippen LogP contribution in [0, 0.1) is 17.0 Å². The van der Waals surface area contributed by atoms with Crippen molar-refractivity contribution in [2.45, 2.75) is 32.3 Å². The number of sulfonamides is 1. The molecule has 0 radical (unpaired) electrons. The Labute approximate surface area is 190 Å². The number of non-ortho nitro benzene ring substituents is 1. The van der Waals surface area contributed by atoms with Crippen LogP contribution in [0.5, 0.6) is 0 Å². The summed E-state index contributed by atoms with van der Waals surface area (Å²) in [6.45, 7) is 5.42. The van der Waals surface area contributed by atoms with Gasteiger partial charge < -0.3 is 9.15 Å². The Balaban J connectivity index is 1.72. The van der Waals surface area contributed by atoms with Crippen molar-refractivity contribution in [3.8, 4) is 11.5 Å². The van der Waals surface area contributed by atoms with E-state index < -0.39 is 20.9 Å². The smallest absolute Gasteiger partial charge is 0.338 e. The molecule has 1 aromatic heterocycles. The quantitative estimate of drug-likeness (QED) is 0.259. The van der Waals surface area contributed by atoms with Crippen molar-refractivity contribution in [3.05, 3.63) is 69.6 Å². The molecular weight excluding hydrogens is 452 g/mol. The summed E-state index contributed by atoms with van der Waals surface area (Å²) in [5.74, 6) is -0.625. The molecule has 11 nitrogen and oxygen atoms in total. The topological polar surface area (TPSA) is 146 Å². The summed E-state index contributed by atoms with van der Waals surface area (Å²) in [6, 6.07) is 9.86. The maximum Gasteiger partial charge on any atom is 0.338 e. The first-order chi connectivity index (χ1) is 15.7. The fourth-order valence-corrected chi connectivity index (χ4v) is 4.78. The number of aromatic nitrogens is 2. The number of hydrogen-bond donors (Lipinski definition) is 0. The molecule has 0 fully saturated rings. The normalized spacial score (nSPS) is 11.5. The van der Waals surface area contributed by atoms with E-state index in [1.165, 1.54) is 40.7 Å². The van der Waals surface area contributed by atoms with E-state index in [-0.39, 0.29) is 34.5 Å². The number of nitrogens with zero attached hydrogens (tertiary/aromatic N) is 4. The van der Waals surface area contributed by atoms with E-state index in [0.29, 0.717) is 24.2 Å². The van der Waals surface area contributed by atoms with Gasteiger partial charge in [-0.15, -0.1) is 10.2 Å². The van der Waals surface area contributed by atoms with Crippen LogP contribution in [0.2, 0.25) is 0 Å². The van der Waals surface area contributed by atoms with Crippen LogP contribution in [0.15, 0.2) is 51.8 Å². The van der Waals surface area contributed by atoms with Gasteiger partial charge in [0.25, 0.3) is 11.6 Å². The molecule has 0 saturated carbocycles. The number of esters is 1. The predicted octanol–water partition coefficient (Wildman–Crippen LogP) is 3.34. The minimum atomic E-state index is -3.75. The molecule has 0 saturated heterocycles. The van der Waals surface area contributed by atoms with Gasteiger partial charge in [-0.1, -0.05) is 19.9 Å². The highest BCUT2D eigenvalue weighted by atomic mass is 32.2. The molecule has 0 bridgehead atoms. The average molecular weight is 474 g/mol. The number of benzene rings is 2. The molecule has 0 amide bonds. The van der Waals surface area contributed by atoms with Gasteiger partial charge in [0, 0.05) is 30.8 Å². The number of nitro benzene ring substituents is 1. The van der Waals surface area contributed by atoms with Crippen LogP contribution >= 0.6 is 0 Å². The number of carbonyl (C=O) groups is 1. The first-order valence-corrected chi connectivity index (χ1v) is 11.5. The van der Waals surface area contributed by atoms with Gasteiger partial charge in [-0.2, -0.15) is 4.31 Å². The Kier molecular flexibility index (Phi) is 7.19. The van der Waals surface area contributed by atoms with Gasteiger partial charge in [0.05, 0.1) is 15.4 Å². The predicted molar refractivity (Wildman–Crippen MR) is 117 cm³/mol. The SMILES string of the molecule is CCN(CC)S(=O)(=O)c1cc(C(=O)OCc2nnc(-c3ccc([N+](=O)[O-])cc3)o2)ccc1C. The van der Waals surface area contributed by atoms with Crippen molar-refractivity contribution in [3.63, 3.8) is 0 Å². The first-order valence-electron chi connectivity index (χ1n) is 10.0. The van der Waals surface area contributed by atoms with E-state index in [9.17, 15) is 23.3 Å². The lowest BCUT2D eigenvalue weighted by Crippen LogP contribution is -2.31. The van der Waals surface area contributed by atoms with Gasteiger partial charge in [0.1, 0.15) is 0 Å². The third-order valence-electron chi connectivity index (χ3n) is 4.87. The molecule has 0 aliphatic heterocycles. The zero-order valence-electron chi connectivity index (χ0n) is 18.2. The minimum Gasteiger partial charge on any atom is -0.452 e. The maximum atomic E-state index is 12.9. The Hall–Kier alpha value is -3.64. The molecule has 0 aliphatic rings. The standard InChI is InChI=1S/C21H22N4O7S/c1-4-24(5-2)33(29,30)18-12-16(7-6-14(18)3)21(26)31-13-19-22-23-20(32-19)15-8-10-17(11-9-15)25(27)28/h6-12H,4-5,13H2,1-3H3. The molecule has 0 atom stereocenters. The van der Waals surface area contributed by atoms with E-state index in [4.69, 9.17) is 9.15 Å². The van der Waals surface area contributed by atoms with Crippen LogP contribution in [-0.4, -0.2) is 46.9 Å². The van der Waals surface area contributed by atoms with Crippen molar-refractivity contribution >= 4 is 21.7 Å². The highest BCUT2D eigenvalue weighted by Crippen LogP contribution is 2.23. The van der Waals surface area contributed by atoms with Crippen LogP contribution in [0.1, 0.15) is 35.7 Å². The third kappa shape index (κ3) is 5.23. The fourth-order valence-electron chi connectivity index (χ4n) is 3.07. The number of rotatable bonds is 9. The van der Waals surface area contributed by atoms with E-state index in [0.717, 1.165) is 0 Å². The Bertz CT molecular complexity index is 1270. The molecule has 0 unspecified atom stereocenters. The van der Waals surface area contributed by atoms with E-state index in [1.54, 1.807) is 26.8 Å². The summed E-state index contributed by atoms with van der Waals surface area (Å²) < 4.78 is 37.7. The molecule has 0 N–H and O–H groups in total. The van der Waals surface area contributed by atoms with Crippen LogP contribution in [-0.2, 0) is 21.4 Å². The fraction of sp³-hybridized carbons (Fsp3) is 0.286. The number of ether oxygens (including phenoxy) is 1. The molecule has 12 heteroatoms. The molecule has 0 spiro atoms. The molecule has 0 aliphatic carbocycles. The van der Waals surface area contributed by atoms with Crippen LogP contribution in [0.4, 0.5) is 5.69 Å². The second-order valence-electron chi connectivity index (χ2n) is 6.95. The van der Waals surface area contributed by atoms with Crippen molar-refractivity contribution in [2.24, 2.45) is 0 Å². The number of aryl methyl sites for hydroxylation is 1. The van der Waals surface area contributed by atoms with Crippen LogP contribution < -0.4 is 0 Å². The van der Waals surface area contributed by atoms with Crippen molar-refractivity contribution in [1.29, 1.82) is 0 Å². The summed E-state index contributed by atoms with van der Waals surface area (Å²) in [7, 11) is -3.75. The number of hydrogen-bond acceptors (Lipinski definition) is 9. The molecule has 1 heterocycles. The van der Waals surface area contributed by atoms with E-state index >= 15 is 0 Å². The Morgan fingerprint density at radius 2 is 1.79 bits per heavy atom. The Morgan fingerprint density at radius 3 is 2.39 bits per heavy atom. The first kappa shape index (κ1) is 24.0. The monoisotopic (exact) mass is 474 g/mol. The van der Waals surface area contributed by atoms with Crippen LogP contribution in [0.25, 0.3) is 11.5 Å². The van der Waals surface area contributed by atoms with Crippen molar-refractivity contribution < 1.29 is 27.3 Å². The van der Waals surface area contributed by atoms with Crippen LogP contribution in [0.3, 0.4) is 0 Å². The molecule has 3 aromatic rings. The highest BCUT2D eigenvalue weighted by Gasteiger charge is 2.25. The molecule has 174 valence electrons. The lowest BCUT2D eigenvalue weighted by molar-refractivity contribution is -0.384. The van der Waals surface area contributed by atoms with Crippen molar-refractivity contribution in [1.82, 2.24) is 14.5 Å². The summed E-state index contributed by atoms with van der Waals surface area (Å²) in [5, 5.41) is 18.4. The third-order valence-corrected chi connectivity index (χ3v) is 7.06. The molecule has 2 aromatic carbocycles. The zero-order chi connectivity index (χ0) is 24.2. The highest BCUT2D eigenvalue weighted by molar-refractivity contribution is 7.89. The van der Waals surface area contributed by atoms with E-state index in [2.05, 4.69) is 10.2 Å².